The minimum absolute atomic E-state index is 0.0617. The highest BCUT2D eigenvalue weighted by Gasteiger charge is 2.28. The van der Waals surface area contributed by atoms with Crippen LogP contribution in [-0.4, -0.2) is 23.7 Å². The molecule has 3 heteroatoms. The van der Waals surface area contributed by atoms with E-state index in [1.165, 1.54) is 5.56 Å². The second kappa shape index (κ2) is 3.67. The van der Waals surface area contributed by atoms with E-state index in [9.17, 15) is 0 Å². The summed E-state index contributed by atoms with van der Waals surface area (Å²) in [6.45, 7) is 5.82. The first kappa shape index (κ1) is 9.62. The fourth-order valence-corrected chi connectivity index (χ4v) is 1.76. The highest BCUT2D eigenvalue weighted by atomic mass is 16.5. The van der Waals surface area contributed by atoms with Crippen LogP contribution in [0.15, 0.2) is 24.5 Å². The number of rotatable bonds is 1. The van der Waals surface area contributed by atoms with E-state index in [0.29, 0.717) is 6.04 Å². The molecule has 1 aromatic rings. The molecule has 1 unspecified atom stereocenters. The third kappa shape index (κ3) is 2.11. The van der Waals surface area contributed by atoms with Crippen molar-refractivity contribution < 1.29 is 4.74 Å². The Balaban J connectivity index is 2.12. The highest BCUT2D eigenvalue weighted by molar-refractivity contribution is 5.16. The van der Waals surface area contributed by atoms with Crippen molar-refractivity contribution in [1.82, 2.24) is 10.3 Å². The molecule has 2 heterocycles. The number of nitrogens with one attached hydrogen (secondary N) is 1. The van der Waals surface area contributed by atoms with Gasteiger partial charge in [0.2, 0.25) is 0 Å². The summed E-state index contributed by atoms with van der Waals surface area (Å²) in [4.78, 5) is 4.01. The zero-order chi connectivity index (χ0) is 10.0. The molecule has 1 aromatic heterocycles. The van der Waals surface area contributed by atoms with E-state index in [2.05, 4.69) is 24.1 Å². The average molecular weight is 192 g/mol. The molecule has 0 aromatic carbocycles. The average Bonchev–Trinajstić information content (AvgIpc) is 2.18. The molecule has 14 heavy (non-hydrogen) atoms. The van der Waals surface area contributed by atoms with Gasteiger partial charge in [-0.15, -0.1) is 0 Å². The quantitative estimate of drug-likeness (QED) is 0.732. The molecule has 76 valence electrons. The van der Waals surface area contributed by atoms with Crippen LogP contribution in [0.25, 0.3) is 0 Å². The molecular formula is C11H16N2O. The van der Waals surface area contributed by atoms with Gasteiger partial charge in [-0.2, -0.15) is 0 Å². The summed E-state index contributed by atoms with van der Waals surface area (Å²) < 4.78 is 5.57. The summed E-state index contributed by atoms with van der Waals surface area (Å²) in [6.07, 6.45) is 3.64. The lowest BCUT2D eigenvalue weighted by Crippen LogP contribution is -2.51. The Morgan fingerprint density at radius 2 is 2.14 bits per heavy atom. The summed E-state index contributed by atoms with van der Waals surface area (Å²) in [5.41, 5.74) is 1.31. The van der Waals surface area contributed by atoms with Crippen molar-refractivity contribution in [1.29, 1.82) is 0 Å². The van der Waals surface area contributed by atoms with Gasteiger partial charge in [-0.1, -0.05) is 0 Å². The zero-order valence-electron chi connectivity index (χ0n) is 8.66. The number of nitrogens with zero attached hydrogens (tertiary/aromatic N) is 1. The molecule has 1 aliphatic heterocycles. The monoisotopic (exact) mass is 192 g/mol. The van der Waals surface area contributed by atoms with Crippen molar-refractivity contribution in [3.8, 4) is 0 Å². The second-order valence-corrected chi connectivity index (χ2v) is 4.38. The first-order chi connectivity index (χ1) is 6.67. The molecule has 1 aliphatic rings. The molecule has 0 bridgehead atoms. The molecule has 0 aliphatic carbocycles. The van der Waals surface area contributed by atoms with Crippen LogP contribution in [0.5, 0.6) is 0 Å². The molecule has 3 nitrogen and oxygen atoms in total. The summed E-state index contributed by atoms with van der Waals surface area (Å²) in [5.74, 6) is 0. The van der Waals surface area contributed by atoms with Gasteiger partial charge in [0.25, 0.3) is 0 Å². The zero-order valence-corrected chi connectivity index (χ0v) is 8.66. The van der Waals surface area contributed by atoms with Gasteiger partial charge in [-0.05, 0) is 31.5 Å². The SMILES string of the molecule is CC1(C)COCC(c2ccncc2)N1. The van der Waals surface area contributed by atoms with Crippen LogP contribution in [0, 0.1) is 0 Å². The lowest BCUT2D eigenvalue weighted by atomic mass is 10.00. The third-order valence-corrected chi connectivity index (χ3v) is 2.42. The van der Waals surface area contributed by atoms with E-state index in [1.807, 2.05) is 24.5 Å². The van der Waals surface area contributed by atoms with Crippen molar-refractivity contribution >= 4 is 0 Å². The molecule has 1 saturated heterocycles. The second-order valence-electron chi connectivity index (χ2n) is 4.38. The molecule has 1 N–H and O–H groups in total. The van der Waals surface area contributed by atoms with E-state index in [1.54, 1.807) is 0 Å². The number of morpholine rings is 1. The van der Waals surface area contributed by atoms with Crippen LogP contribution in [0.1, 0.15) is 25.5 Å². The van der Waals surface area contributed by atoms with Crippen LogP contribution >= 0.6 is 0 Å². The highest BCUT2D eigenvalue weighted by Crippen LogP contribution is 2.21. The molecule has 1 fully saturated rings. The van der Waals surface area contributed by atoms with Gasteiger partial charge in [0.15, 0.2) is 0 Å². The van der Waals surface area contributed by atoms with Gasteiger partial charge >= 0.3 is 0 Å². The topological polar surface area (TPSA) is 34.1 Å². The number of hydrogen-bond donors (Lipinski definition) is 1. The number of aromatic nitrogens is 1. The van der Waals surface area contributed by atoms with E-state index >= 15 is 0 Å². The van der Waals surface area contributed by atoms with Crippen molar-refractivity contribution in [3.05, 3.63) is 30.1 Å². The Morgan fingerprint density at radius 1 is 1.43 bits per heavy atom. The summed E-state index contributed by atoms with van der Waals surface area (Å²) >= 11 is 0. The van der Waals surface area contributed by atoms with Crippen molar-refractivity contribution in [2.45, 2.75) is 25.4 Å². The summed E-state index contributed by atoms with van der Waals surface area (Å²) in [7, 11) is 0. The number of pyridine rings is 1. The molecule has 2 rings (SSSR count). The van der Waals surface area contributed by atoms with Crippen LogP contribution < -0.4 is 5.32 Å². The Labute approximate surface area is 84.5 Å². The first-order valence-electron chi connectivity index (χ1n) is 4.93. The lowest BCUT2D eigenvalue weighted by Gasteiger charge is -2.37. The van der Waals surface area contributed by atoms with Gasteiger partial charge in [0, 0.05) is 17.9 Å². The normalized spacial score (nSPS) is 26.0. The minimum Gasteiger partial charge on any atom is -0.378 e. The van der Waals surface area contributed by atoms with E-state index < -0.39 is 0 Å². The van der Waals surface area contributed by atoms with Gasteiger partial charge in [-0.3, -0.25) is 4.98 Å². The van der Waals surface area contributed by atoms with Crippen LogP contribution in [0.3, 0.4) is 0 Å². The van der Waals surface area contributed by atoms with Crippen molar-refractivity contribution in [2.75, 3.05) is 13.2 Å². The molecule has 0 amide bonds. The molecular weight excluding hydrogens is 176 g/mol. The summed E-state index contributed by atoms with van der Waals surface area (Å²) in [5, 5.41) is 3.56. The predicted octanol–water partition coefficient (Wildman–Crippen LogP) is 1.52. The van der Waals surface area contributed by atoms with Crippen LogP contribution in [0.4, 0.5) is 0 Å². The molecule has 1 atom stereocenters. The Bertz CT molecular complexity index is 297. The minimum atomic E-state index is 0.0617. The van der Waals surface area contributed by atoms with Gasteiger partial charge < -0.3 is 10.1 Å². The first-order valence-corrected chi connectivity index (χ1v) is 4.93. The summed E-state index contributed by atoms with van der Waals surface area (Å²) in [6, 6.07) is 4.35. The van der Waals surface area contributed by atoms with Crippen LogP contribution in [-0.2, 0) is 4.74 Å². The maximum Gasteiger partial charge on any atom is 0.0662 e. The Hall–Kier alpha value is -0.930. The van der Waals surface area contributed by atoms with E-state index in [4.69, 9.17) is 4.74 Å². The lowest BCUT2D eigenvalue weighted by molar-refractivity contribution is 0.0127. The molecule has 0 spiro atoms. The third-order valence-electron chi connectivity index (χ3n) is 2.42. The fraction of sp³-hybridized carbons (Fsp3) is 0.545. The largest absolute Gasteiger partial charge is 0.378 e. The Morgan fingerprint density at radius 3 is 2.79 bits per heavy atom. The number of hydrogen-bond acceptors (Lipinski definition) is 3. The van der Waals surface area contributed by atoms with Crippen molar-refractivity contribution in [3.63, 3.8) is 0 Å². The van der Waals surface area contributed by atoms with E-state index in [0.717, 1.165) is 13.2 Å². The van der Waals surface area contributed by atoms with Gasteiger partial charge in [0.1, 0.15) is 0 Å². The smallest absolute Gasteiger partial charge is 0.0662 e. The maximum absolute atomic E-state index is 5.57. The fourth-order valence-electron chi connectivity index (χ4n) is 1.76. The van der Waals surface area contributed by atoms with Crippen LogP contribution in [0.2, 0.25) is 0 Å². The van der Waals surface area contributed by atoms with Crippen molar-refractivity contribution in [2.24, 2.45) is 0 Å². The predicted molar refractivity (Wildman–Crippen MR) is 55.0 cm³/mol. The molecule has 0 saturated carbocycles. The Kier molecular flexibility index (Phi) is 2.52. The maximum atomic E-state index is 5.57. The molecule has 0 radical (unpaired) electrons. The van der Waals surface area contributed by atoms with E-state index in [-0.39, 0.29) is 5.54 Å². The van der Waals surface area contributed by atoms with Gasteiger partial charge in [-0.25, -0.2) is 0 Å². The number of ether oxygens (including phenoxy) is 1. The standard InChI is InChI=1S/C11H16N2O/c1-11(2)8-14-7-10(13-11)9-3-5-12-6-4-9/h3-6,10,13H,7-8H2,1-2H3. The van der Waals surface area contributed by atoms with Gasteiger partial charge in [0.05, 0.1) is 19.3 Å².